The quantitative estimate of drug-likeness (QED) is 0.820. The van der Waals surface area contributed by atoms with Crippen molar-refractivity contribution in [2.75, 3.05) is 5.32 Å². The van der Waals surface area contributed by atoms with Crippen LogP contribution in [0.4, 0.5) is 5.69 Å². The third kappa shape index (κ3) is 5.24. The number of hydrogen-bond acceptors (Lipinski definition) is 3. The molecule has 2 aromatic carbocycles. The average Bonchev–Trinajstić information content (AvgIpc) is 2.51. The third-order valence-corrected chi connectivity index (χ3v) is 3.91. The Balaban J connectivity index is 2.06. The molecule has 2 aromatic rings. The Hall–Kier alpha value is -2.49. The number of nitrogens with one attached hydrogen (secondary N) is 1. The number of benzene rings is 2. The van der Waals surface area contributed by atoms with E-state index in [2.05, 4.69) is 11.4 Å². The van der Waals surface area contributed by atoms with Crippen LogP contribution in [0.1, 0.15) is 37.5 Å². The third-order valence-electron chi connectivity index (χ3n) is 3.91. The normalized spacial score (nSPS) is 12.0. The lowest BCUT2D eigenvalue weighted by Crippen LogP contribution is -2.30. The summed E-state index contributed by atoms with van der Waals surface area (Å²) < 4.78 is 11.5. The van der Waals surface area contributed by atoms with Crippen molar-refractivity contribution in [3.63, 3.8) is 0 Å². The van der Waals surface area contributed by atoms with E-state index in [9.17, 15) is 4.79 Å². The van der Waals surface area contributed by atoms with Crippen LogP contribution in [-0.4, -0.2) is 18.1 Å². The molecule has 0 aromatic heterocycles. The summed E-state index contributed by atoms with van der Waals surface area (Å²) in [7, 11) is 0. The van der Waals surface area contributed by atoms with Crippen LogP contribution in [-0.2, 0) is 4.79 Å². The van der Waals surface area contributed by atoms with Crippen molar-refractivity contribution in [2.24, 2.45) is 0 Å². The van der Waals surface area contributed by atoms with Crippen LogP contribution < -0.4 is 14.8 Å². The molecule has 1 atom stereocenters. The van der Waals surface area contributed by atoms with E-state index in [1.807, 2.05) is 65.0 Å². The number of aryl methyl sites for hydroxylation is 2. The number of hydrogen-bond donors (Lipinski definition) is 1. The fourth-order valence-corrected chi connectivity index (χ4v) is 2.53. The summed E-state index contributed by atoms with van der Waals surface area (Å²) in [5.41, 5.74) is 4.01. The average molecular weight is 341 g/mol. The number of ether oxygens (including phenoxy) is 2. The molecule has 0 fully saturated rings. The zero-order chi connectivity index (χ0) is 18.6. The van der Waals surface area contributed by atoms with Crippen molar-refractivity contribution in [3.05, 3.63) is 53.1 Å². The molecule has 0 saturated heterocycles. The Morgan fingerprint density at radius 3 is 2.40 bits per heavy atom. The number of amides is 1. The predicted molar refractivity (Wildman–Crippen MR) is 102 cm³/mol. The summed E-state index contributed by atoms with van der Waals surface area (Å²) >= 11 is 0. The SMILES string of the molecule is Cc1cc(C)c(C)c(OC(C)C(=O)Nc2cccc(OC(C)C)c2)c1. The minimum atomic E-state index is -0.602. The van der Waals surface area contributed by atoms with Crippen LogP contribution in [0.5, 0.6) is 11.5 Å². The van der Waals surface area contributed by atoms with E-state index in [0.717, 1.165) is 28.2 Å². The molecule has 0 spiro atoms. The minimum absolute atomic E-state index is 0.0840. The lowest BCUT2D eigenvalue weighted by Gasteiger charge is -2.18. The molecule has 25 heavy (non-hydrogen) atoms. The van der Waals surface area contributed by atoms with Crippen LogP contribution in [0, 0.1) is 20.8 Å². The van der Waals surface area contributed by atoms with Crippen molar-refractivity contribution in [1.29, 1.82) is 0 Å². The predicted octanol–water partition coefficient (Wildman–Crippen LogP) is 4.81. The second kappa shape index (κ2) is 8.06. The van der Waals surface area contributed by atoms with Gasteiger partial charge in [-0.3, -0.25) is 4.79 Å². The van der Waals surface area contributed by atoms with Crippen LogP contribution in [0.2, 0.25) is 0 Å². The van der Waals surface area contributed by atoms with Gasteiger partial charge in [-0.15, -0.1) is 0 Å². The Morgan fingerprint density at radius 2 is 1.72 bits per heavy atom. The highest BCUT2D eigenvalue weighted by atomic mass is 16.5. The van der Waals surface area contributed by atoms with E-state index in [1.54, 1.807) is 6.92 Å². The number of carbonyl (C=O) groups excluding carboxylic acids is 1. The first kappa shape index (κ1) is 18.8. The summed E-state index contributed by atoms with van der Waals surface area (Å²) in [4.78, 5) is 12.5. The van der Waals surface area contributed by atoms with Gasteiger partial charge in [-0.2, -0.15) is 0 Å². The van der Waals surface area contributed by atoms with Gasteiger partial charge < -0.3 is 14.8 Å². The summed E-state index contributed by atoms with van der Waals surface area (Å²) in [6.07, 6.45) is -0.518. The first-order valence-electron chi connectivity index (χ1n) is 8.58. The van der Waals surface area contributed by atoms with Crippen LogP contribution in [0.3, 0.4) is 0 Å². The van der Waals surface area contributed by atoms with Crippen LogP contribution in [0.15, 0.2) is 36.4 Å². The maximum absolute atomic E-state index is 12.5. The Kier molecular flexibility index (Phi) is 6.07. The molecule has 4 heteroatoms. The van der Waals surface area contributed by atoms with Crippen molar-refractivity contribution in [3.8, 4) is 11.5 Å². The molecule has 0 aliphatic rings. The molecule has 1 unspecified atom stereocenters. The smallest absolute Gasteiger partial charge is 0.265 e. The number of rotatable bonds is 6. The van der Waals surface area contributed by atoms with Gasteiger partial charge in [0.1, 0.15) is 11.5 Å². The monoisotopic (exact) mass is 341 g/mol. The number of anilines is 1. The standard InChI is InChI=1S/C21H27NO3/c1-13(2)24-19-9-7-8-18(12-19)22-21(23)17(6)25-20-11-14(3)10-15(4)16(20)5/h7-13,17H,1-6H3,(H,22,23). The summed E-state index contributed by atoms with van der Waals surface area (Å²) in [6.45, 7) is 11.7. The highest BCUT2D eigenvalue weighted by molar-refractivity contribution is 5.94. The van der Waals surface area contributed by atoms with Crippen molar-refractivity contribution in [1.82, 2.24) is 0 Å². The zero-order valence-electron chi connectivity index (χ0n) is 15.8. The molecule has 134 valence electrons. The van der Waals surface area contributed by atoms with Gasteiger partial charge in [0.05, 0.1) is 6.10 Å². The van der Waals surface area contributed by atoms with Gasteiger partial charge in [0.15, 0.2) is 6.10 Å². The Morgan fingerprint density at radius 1 is 1.00 bits per heavy atom. The maximum Gasteiger partial charge on any atom is 0.265 e. The molecule has 0 bridgehead atoms. The molecular weight excluding hydrogens is 314 g/mol. The molecule has 4 nitrogen and oxygen atoms in total. The topological polar surface area (TPSA) is 47.6 Å². The Bertz CT molecular complexity index is 753. The lowest BCUT2D eigenvalue weighted by molar-refractivity contribution is -0.122. The molecule has 0 aliphatic carbocycles. The van der Waals surface area contributed by atoms with Crippen LogP contribution in [0.25, 0.3) is 0 Å². The number of carbonyl (C=O) groups is 1. The van der Waals surface area contributed by atoms with Gasteiger partial charge in [-0.25, -0.2) is 0 Å². The van der Waals surface area contributed by atoms with Crippen molar-refractivity contribution < 1.29 is 14.3 Å². The molecule has 0 saturated carbocycles. The Labute approximate surface area is 150 Å². The summed E-state index contributed by atoms with van der Waals surface area (Å²) in [5.74, 6) is 1.28. The molecule has 0 radical (unpaired) electrons. The first-order chi connectivity index (χ1) is 11.8. The van der Waals surface area contributed by atoms with E-state index in [-0.39, 0.29) is 12.0 Å². The molecule has 0 aliphatic heterocycles. The minimum Gasteiger partial charge on any atom is -0.491 e. The highest BCUT2D eigenvalue weighted by Crippen LogP contribution is 2.25. The first-order valence-corrected chi connectivity index (χ1v) is 8.58. The molecule has 0 heterocycles. The van der Waals surface area contributed by atoms with Gasteiger partial charge in [0, 0.05) is 11.8 Å². The molecule has 1 amide bonds. The van der Waals surface area contributed by atoms with E-state index < -0.39 is 6.10 Å². The van der Waals surface area contributed by atoms with E-state index in [4.69, 9.17) is 9.47 Å². The van der Waals surface area contributed by atoms with E-state index in [0.29, 0.717) is 5.69 Å². The summed E-state index contributed by atoms with van der Waals surface area (Å²) in [5, 5.41) is 2.88. The largest absolute Gasteiger partial charge is 0.491 e. The highest BCUT2D eigenvalue weighted by Gasteiger charge is 2.17. The second-order valence-corrected chi connectivity index (χ2v) is 6.65. The molecule has 2 rings (SSSR count). The fourth-order valence-electron chi connectivity index (χ4n) is 2.53. The van der Waals surface area contributed by atoms with Gasteiger partial charge in [0.25, 0.3) is 5.91 Å². The van der Waals surface area contributed by atoms with Crippen molar-refractivity contribution >= 4 is 11.6 Å². The van der Waals surface area contributed by atoms with Gasteiger partial charge >= 0.3 is 0 Å². The maximum atomic E-state index is 12.5. The lowest BCUT2D eigenvalue weighted by atomic mass is 10.1. The van der Waals surface area contributed by atoms with Gasteiger partial charge in [-0.1, -0.05) is 12.1 Å². The van der Waals surface area contributed by atoms with E-state index in [1.165, 1.54) is 0 Å². The van der Waals surface area contributed by atoms with Gasteiger partial charge in [0.2, 0.25) is 0 Å². The molecular formula is C21H27NO3. The fraction of sp³-hybridized carbons (Fsp3) is 0.381. The molecule has 1 N–H and O–H groups in total. The zero-order valence-corrected chi connectivity index (χ0v) is 15.8. The van der Waals surface area contributed by atoms with Crippen molar-refractivity contribution in [2.45, 2.75) is 53.8 Å². The van der Waals surface area contributed by atoms with Gasteiger partial charge in [-0.05, 0) is 76.4 Å². The summed E-state index contributed by atoms with van der Waals surface area (Å²) in [6, 6.07) is 11.4. The van der Waals surface area contributed by atoms with Crippen LogP contribution >= 0.6 is 0 Å². The second-order valence-electron chi connectivity index (χ2n) is 6.65. The van der Waals surface area contributed by atoms with E-state index >= 15 is 0 Å².